The average molecular weight is 436 g/mol. The Morgan fingerprint density at radius 3 is 2.36 bits per heavy atom. The molecule has 0 fully saturated rings. The number of ether oxygens (including phenoxy) is 4. The topological polar surface area (TPSA) is 54.0 Å². The van der Waals surface area contributed by atoms with Gasteiger partial charge in [0.15, 0.2) is 5.78 Å². The maximum absolute atomic E-state index is 13.0. The van der Waals surface area contributed by atoms with Crippen LogP contribution in [0.25, 0.3) is 10.8 Å². The first-order valence-corrected chi connectivity index (χ1v) is 10.7. The Morgan fingerprint density at radius 1 is 0.879 bits per heavy atom. The highest BCUT2D eigenvalue weighted by molar-refractivity contribution is 6.09. The molecule has 0 saturated carbocycles. The van der Waals surface area contributed by atoms with Gasteiger partial charge in [-0.3, -0.25) is 4.79 Å². The monoisotopic (exact) mass is 436 g/mol. The molecule has 1 aliphatic carbocycles. The Kier molecular flexibility index (Phi) is 4.37. The minimum atomic E-state index is -1.25. The normalized spacial score (nSPS) is 15.0. The van der Waals surface area contributed by atoms with Gasteiger partial charge in [0.1, 0.15) is 29.6 Å². The predicted octanol–water partition coefficient (Wildman–Crippen LogP) is 5.80. The average Bonchev–Trinajstić information content (AvgIpc) is 2.85. The van der Waals surface area contributed by atoms with Crippen molar-refractivity contribution in [2.24, 2.45) is 0 Å². The molecule has 0 amide bonds. The van der Waals surface area contributed by atoms with Crippen molar-refractivity contribution >= 4 is 16.6 Å². The summed E-state index contributed by atoms with van der Waals surface area (Å²) in [7, 11) is 1.63. The van der Waals surface area contributed by atoms with Gasteiger partial charge in [0.05, 0.1) is 23.6 Å². The lowest BCUT2D eigenvalue weighted by molar-refractivity contribution is -0.0840. The Labute approximate surface area is 190 Å². The summed E-state index contributed by atoms with van der Waals surface area (Å²) in [5, 5.41) is 1.95. The first-order chi connectivity index (χ1) is 16.2. The fourth-order valence-electron chi connectivity index (χ4n) is 4.45. The fraction of sp³-hybridized carbons (Fsp3) is 0.107. The Bertz CT molecular complexity index is 1390. The highest BCUT2D eigenvalue weighted by Crippen LogP contribution is 2.48. The van der Waals surface area contributed by atoms with E-state index in [0.717, 1.165) is 22.1 Å². The molecule has 33 heavy (non-hydrogen) atoms. The van der Waals surface area contributed by atoms with Crippen LogP contribution in [0.1, 0.15) is 21.5 Å². The van der Waals surface area contributed by atoms with Gasteiger partial charge >= 0.3 is 0 Å². The van der Waals surface area contributed by atoms with Crippen molar-refractivity contribution in [1.82, 2.24) is 0 Å². The van der Waals surface area contributed by atoms with Crippen LogP contribution < -0.4 is 18.9 Å². The van der Waals surface area contributed by atoms with Crippen LogP contribution in [0.4, 0.5) is 0 Å². The van der Waals surface area contributed by atoms with E-state index in [1.54, 1.807) is 19.3 Å². The highest BCUT2D eigenvalue weighted by atomic mass is 16.7. The number of fused-ring (bicyclic) bond motifs is 2. The zero-order valence-corrected chi connectivity index (χ0v) is 17.9. The van der Waals surface area contributed by atoms with Crippen LogP contribution >= 0.6 is 0 Å². The van der Waals surface area contributed by atoms with E-state index >= 15 is 0 Å². The molecule has 0 atom stereocenters. The molecule has 0 bridgehead atoms. The van der Waals surface area contributed by atoms with Crippen LogP contribution in [0.3, 0.4) is 0 Å². The van der Waals surface area contributed by atoms with E-state index in [0.29, 0.717) is 35.0 Å². The molecule has 6 rings (SSSR count). The molecule has 5 heteroatoms. The fourth-order valence-corrected chi connectivity index (χ4v) is 4.45. The second-order valence-electron chi connectivity index (χ2n) is 8.00. The van der Waals surface area contributed by atoms with Crippen LogP contribution in [0, 0.1) is 0 Å². The van der Waals surface area contributed by atoms with E-state index < -0.39 is 5.79 Å². The van der Waals surface area contributed by atoms with Crippen LogP contribution in [-0.2, 0) is 12.4 Å². The SMILES string of the molecule is COc1cccc(COc2cccc3c2C(=O)C=CC32Oc3cccc4cccc(c34)O2)c1. The zero-order chi connectivity index (χ0) is 22.4. The van der Waals surface area contributed by atoms with Crippen LogP contribution in [0.2, 0.25) is 0 Å². The number of hydrogen-bond acceptors (Lipinski definition) is 5. The lowest BCUT2D eigenvalue weighted by atomic mass is 9.89. The molecule has 162 valence electrons. The Morgan fingerprint density at radius 2 is 1.61 bits per heavy atom. The molecule has 4 aromatic rings. The minimum Gasteiger partial charge on any atom is -0.497 e. The third-order valence-electron chi connectivity index (χ3n) is 5.98. The third kappa shape index (κ3) is 3.12. The second-order valence-corrected chi connectivity index (χ2v) is 8.00. The molecule has 1 spiro atoms. The van der Waals surface area contributed by atoms with Gasteiger partial charge in [-0.05, 0) is 53.4 Å². The largest absolute Gasteiger partial charge is 0.497 e. The van der Waals surface area contributed by atoms with Crippen molar-refractivity contribution in [3.63, 3.8) is 0 Å². The number of allylic oxidation sites excluding steroid dienone is 1. The molecule has 1 heterocycles. The zero-order valence-electron chi connectivity index (χ0n) is 17.9. The second kappa shape index (κ2) is 7.41. The molecule has 2 aliphatic rings. The summed E-state index contributed by atoms with van der Waals surface area (Å²) in [6.45, 7) is 0.293. The van der Waals surface area contributed by atoms with Crippen molar-refractivity contribution in [2.75, 3.05) is 7.11 Å². The maximum Gasteiger partial charge on any atom is 0.299 e. The summed E-state index contributed by atoms with van der Waals surface area (Å²) in [5.41, 5.74) is 1.99. The van der Waals surface area contributed by atoms with Gasteiger partial charge in [-0.15, -0.1) is 0 Å². The number of ketones is 1. The van der Waals surface area contributed by atoms with Crippen LogP contribution in [0.15, 0.2) is 91.0 Å². The van der Waals surface area contributed by atoms with Crippen molar-refractivity contribution in [3.05, 3.63) is 108 Å². The van der Waals surface area contributed by atoms with E-state index in [1.807, 2.05) is 72.8 Å². The molecular formula is C28H20O5. The summed E-state index contributed by atoms with van der Waals surface area (Å²) in [4.78, 5) is 13.0. The summed E-state index contributed by atoms with van der Waals surface area (Å²) in [6.07, 6.45) is 3.17. The van der Waals surface area contributed by atoms with Crippen molar-refractivity contribution in [3.8, 4) is 23.0 Å². The molecule has 4 aromatic carbocycles. The van der Waals surface area contributed by atoms with E-state index in [9.17, 15) is 4.79 Å². The molecule has 0 saturated heterocycles. The maximum atomic E-state index is 13.0. The summed E-state index contributed by atoms with van der Waals surface area (Å²) < 4.78 is 24.2. The van der Waals surface area contributed by atoms with Gasteiger partial charge in [-0.1, -0.05) is 42.5 Å². The van der Waals surface area contributed by atoms with Gasteiger partial charge in [0.25, 0.3) is 5.79 Å². The first kappa shape index (κ1) is 19.4. The molecule has 1 aliphatic heterocycles. The number of hydrogen-bond donors (Lipinski definition) is 0. The van der Waals surface area contributed by atoms with Gasteiger partial charge < -0.3 is 18.9 Å². The predicted molar refractivity (Wildman–Crippen MR) is 124 cm³/mol. The number of benzene rings is 4. The van der Waals surface area contributed by atoms with Crippen molar-refractivity contribution in [2.45, 2.75) is 12.4 Å². The summed E-state index contributed by atoms with van der Waals surface area (Å²) >= 11 is 0. The van der Waals surface area contributed by atoms with E-state index in [-0.39, 0.29) is 5.78 Å². The standard InChI is InChI=1S/C28H20O5/c1-30-20-9-2-6-18(16-20)17-31-23-11-5-10-21-27(23)22(29)14-15-28(21)32-24-12-3-7-19-8-4-13-25(33-28)26(19)24/h2-16H,17H2,1H3. The van der Waals surface area contributed by atoms with Crippen molar-refractivity contribution < 1.29 is 23.7 Å². The number of carbonyl (C=O) groups excluding carboxylic acids is 1. The molecule has 5 nitrogen and oxygen atoms in total. The first-order valence-electron chi connectivity index (χ1n) is 10.7. The molecular weight excluding hydrogens is 416 g/mol. The molecule has 0 radical (unpaired) electrons. The van der Waals surface area contributed by atoms with E-state index in [2.05, 4.69) is 0 Å². The molecule has 0 unspecified atom stereocenters. The lowest BCUT2D eigenvalue weighted by Crippen LogP contribution is -2.42. The van der Waals surface area contributed by atoms with Gasteiger partial charge in [-0.25, -0.2) is 0 Å². The summed E-state index contributed by atoms with van der Waals surface area (Å²) in [6, 6.07) is 24.9. The van der Waals surface area contributed by atoms with Crippen molar-refractivity contribution in [1.29, 1.82) is 0 Å². The number of rotatable bonds is 4. The van der Waals surface area contributed by atoms with Crippen LogP contribution in [0.5, 0.6) is 23.0 Å². The third-order valence-corrected chi connectivity index (χ3v) is 5.98. The minimum absolute atomic E-state index is 0.152. The van der Waals surface area contributed by atoms with Gasteiger partial charge in [0.2, 0.25) is 0 Å². The summed E-state index contributed by atoms with van der Waals surface area (Å²) in [5.74, 6) is 1.25. The quantitative estimate of drug-likeness (QED) is 0.404. The van der Waals surface area contributed by atoms with E-state index in [4.69, 9.17) is 18.9 Å². The number of carbonyl (C=O) groups is 1. The van der Waals surface area contributed by atoms with E-state index in [1.165, 1.54) is 6.08 Å². The van der Waals surface area contributed by atoms with Gasteiger partial charge in [0, 0.05) is 6.08 Å². The highest BCUT2D eigenvalue weighted by Gasteiger charge is 2.45. The van der Waals surface area contributed by atoms with Crippen LogP contribution in [-0.4, -0.2) is 12.9 Å². The molecule has 0 N–H and O–H groups in total. The molecule has 0 aromatic heterocycles. The Balaban J connectivity index is 1.40. The van der Waals surface area contributed by atoms with Gasteiger partial charge in [-0.2, -0.15) is 0 Å². The lowest BCUT2D eigenvalue weighted by Gasteiger charge is -2.39. The number of methoxy groups -OCH3 is 1. The smallest absolute Gasteiger partial charge is 0.299 e. The Hall–Kier alpha value is -4.25.